The number of nitrogens with one attached hydrogen (secondary N) is 1. The van der Waals surface area contributed by atoms with E-state index in [0.717, 1.165) is 24.2 Å². The summed E-state index contributed by atoms with van der Waals surface area (Å²) in [6, 6.07) is 16.5. The standard InChI is InChI=1S/C27H36N2O2S/c1-4-25(27(31)28-24-7-5-6-8-24)29(17-22-13-9-20(2)10-14-22)26(30)19-32-18-23-15-11-21(3)12-16-23/h9-16,24-25H,4-8,17-19H2,1-3H3,(H,28,31). The van der Waals surface area contributed by atoms with Crippen LogP contribution in [0.3, 0.4) is 0 Å². The fourth-order valence-electron chi connectivity index (χ4n) is 4.20. The number of hydrogen-bond acceptors (Lipinski definition) is 3. The van der Waals surface area contributed by atoms with E-state index >= 15 is 0 Å². The van der Waals surface area contributed by atoms with Gasteiger partial charge in [0.2, 0.25) is 11.8 Å². The first kappa shape index (κ1) is 24.4. The topological polar surface area (TPSA) is 49.4 Å². The number of thioether (sulfide) groups is 1. The molecule has 2 aromatic carbocycles. The van der Waals surface area contributed by atoms with E-state index in [1.807, 2.05) is 6.92 Å². The second-order valence-corrected chi connectivity index (χ2v) is 9.89. The quantitative estimate of drug-likeness (QED) is 0.525. The van der Waals surface area contributed by atoms with Gasteiger partial charge in [-0.25, -0.2) is 0 Å². The summed E-state index contributed by atoms with van der Waals surface area (Å²) in [5, 5.41) is 3.21. The van der Waals surface area contributed by atoms with Crippen LogP contribution in [-0.2, 0) is 21.9 Å². The summed E-state index contributed by atoms with van der Waals surface area (Å²) in [4.78, 5) is 28.3. The van der Waals surface area contributed by atoms with Crippen molar-refractivity contribution in [3.63, 3.8) is 0 Å². The van der Waals surface area contributed by atoms with Crippen LogP contribution in [0.15, 0.2) is 48.5 Å². The maximum Gasteiger partial charge on any atom is 0.243 e. The minimum absolute atomic E-state index is 0.0107. The van der Waals surface area contributed by atoms with Crippen molar-refractivity contribution in [1.29, 1.82) is 0 Å². The zero-order valence-electron chi connectivity index (χ0n) is 19.6. The van der Waals surface area contributed by atoms with Crippen molar-refractivity contribution in [2.24, 2.45) is 0 Å². The van der Waals surface area contributed by atoms with E-state index in [1.165, 1.54) is 29.5 Å². The molecule has 1 aliphatic rings. The molecule has 2 aromatic rings. The minimum Gasteiger partial charge on any atom is -0.352 e. The van der Waals surface area contributed by atoms with E-state index in [-0.39, 0.29) is 17.9 Å². The van der Waals surface area contributed by atoms with Crippen LogP contribution in [0.1, 0.15) is 61.3 Å². The normalized spacial score (nSPS) is 14.8. The van der Waals surface area contributed by atoms with Gasteiger partial charge < -0.3 is 10.2 Å². The third kappa shape index (κ3) is 7.13. The summed E-state index contributed by atoms with van der Waals surface area (Å²) in [5.74, 6) is 1.17. The van der Waals surface area contributed by atoms with Gasteiger partial charge in [-0.05, 0) is 44.2 Å². The largest absolute Gasteiger partial charge is 0.352 e. The van der Waals surface area contributed by atoms with Crippen molar-refractivity contribution >= 4 is 23.6 Å². The van der Waals surface area contributed by atoms with Crippen LogP contribution < -0.4 is 5.32 Å². The molecule has 0 bridgehead atoms. The molecule has 0 aliphatic heterocycles. The number of aryl methyl sites for hydroxylation is 2. The van der Waals surface area contributed by atoms with Crippen molar-refractivity contribution in [3.8, 4) is 0 Å². The van der Waals surface area contributed by atoms with E-state index in [4.69, 9.17) is 0 Å². The van der Waals surface area contributed by atoms with Crippen molar-refractivity contribution in [2.75, 3.05) is 5.75 Å². The number of hydrogen-bond donors (Lipinski definition) is 1. The second kappa shape index (κ2) is 12.1. The van der Waals surface area contributed by atoms with Crippen molar-refractivity contribution < 1.29 is 9.59 Å². The molecule has 1 saturated carbocycles. The summed E-state index contributed by atoms with van der Waals surface area (Å²) in [6.07, 6.45) is 5.03. The maximum atomic E-state index is 13.3. The molecule has 3 rings (SSSR count). The predicted molar refractivity (Wildman–Crippen MR) is 134 cm³/mol. The van der Waals surface area contributed by atoms with Crippen molar-refractivity contribution in [3.05, 3.63) is 70.8 Å². The van der Waals surface area contributed by atoms with Crippen LogP contribution in [-0.4, -0.2) is 34.6 Å². The van der Waals surface area contributed by atoms with E-state index in [0.29, 0.717) is 18.7 Å². The smallest absolute Gasteiger partial charge is 0.243 e. The number of nitrogens with zero attached hydrogens (tertiary/aromatic N) is 1. The SMILES string of the molecule is CCC(C(=O)NC1CCCC1)N(Cc1ccc(C)cc1)C(=O)CSCc1ccc(C)cc1. The van der Waals surface area contributed by atoms with Gasteiger partial charge >= 0.3 is 0 Å². The molecule has 1 fully saturated rings. The first-order valence-corrected chi connectivity index (χ1v) is 12.9. The number of benzene rings is 2. The Morgan fingerprint density at radius 2 is 1.53 bits per heavy atom. The molecule has 1 aliphatic carbocycles. The molecule has 5 heteroatoms. The minimum atomic E-state index is -0.440. The van der Waals surface area contributed by atoms with Gasteiger partial charge in [0.25, 0.3) is 0 Å². The Kier molecular flexibility index (Phi) is 9.22. The van der Waals surface area contributed by atoms with Gasteiger partial charge in [0.1, 0.15) is 6.04 Å². The molecule has 0 spiro atoms. The van der Waals surface area contributed by atoms with Gasteiger partial charge in [-0.15, -0.1) is 11.8 Å². The van der Waals surface area contributed by atoms with Crippen molar-refractivity contribution in [1.82, 2.24) is 10.2 Å². The Labute approximate surface area is 197 Å². The molecule has 2 amide bonds. The van der Waals surface area contributed by atoms with Gasteiger partial charge in [0.05, 0.1) is 5.75 Å². The highest BCUT2D eigenvalue weighted by molar-refractivity contribution is 7.99. The fraction of sp³-hybridized carbons (Fsp3) is 0.481. The average Bonchev–Trinajstić information content (AvgIpc) is 3.29. The van der Waals surface area contributed by atoms with Crippen molar-refractivity contribution in [2.45, 2.75) is 77.3 Å². The number of carbonyl (C=O) groups is 2. The highest BCUT2D eigenvalue weighted by Gasteiger charge is 2.30. The lowest BCUT2D eigenvalue weighted by Crippen LogP contribution is -2.51. The number of carbonyl (C=O) groups excluding carboxylic acids is 2. The average molecular weight is 453 g/mol. The van der Waals surface area contributed by atoms with Crippen LogP contribution in [0, 0.1) is 13.8 Å². The molecular weight excluding hydrogens is 416 g/mol. The second-order valence-electron chi connectivity index (χ2n) is 8.90. The first-order chi connectivity index (χ1) is 15.5. The van der Waals surface area contributed by atoms with E-state index in [1.54, 1.807) is 16.7 Å². The highest BCUT2D eigenvalue weighted by atomic mass is 32.2. The highest BCUT2D eigenvalue weighted by Crippen LogP contribution is 2.21. The van der Waals surface area contributed by atoms with Crippen LogP contribution in [0.2, 0.25) is 0 Å². The Morgan fingerprint density at radius 1 is 0.969 bits per heavy atom. The lowest BCUT2D eigenvalue weighted by atomic mass is 10.1. The molecule has 1 unspecified atom stereocenters. The van der Waals surface area contributed by atoms with Gasteiger partial charge in [0, 0.05) is 18.3 Å². The zero-order chi connectivity index (χ0) is 22.9. The molecule has 1 atom stereocenters. The fourth-order valence-corrected chi connectivity index (χ4v) is 5.07. The molecule has 0 aromatic heterocycles. The molecule has 172 valence electrons. The number of amides is 2. The lowest BCUT2D eigenvalue weighted by Gasteiger charge is -2.31. The molecule has 0 heterocycles. The Hall–Kier alpha value is -2.27. The lowest BCUT2D eigenvalue weighted by molar-refractivity contribution is -0.139. The summed E-state index contributed by atoms with van der Waals surface area (Å²) < 4.78 is 0. The third-order valence-electron chi connectivity index (χ3n) is 6.18. The molecule has 4 nitrogen and oxygen atoms in total. The Morgan fingerprint density at radius 3 is 2.09 bits per heavy atom. The number of rotatable bonds is 10. The van der Waals surface area contributed by atoms with Gasteiger partial charge in [0.15, 0.2) is 0 Å². The monoisotopic (exact) mass is 452 g/mol. The molecule has 0 saturated heterocycles. The third-order valence-corrected chi connectivity index (χ3v) is 7.16. The van der Waals surface area contributed by atoms with Crippen LogP contribution in [0.25, 0.3) is 0 Å². The summed E-state index contributed by atoms with van der Waals surface area (Å²) in [5.41, 5.74) is 4.69. The van der Waals surface area contributed by atoms with E-state index in [9.17, 15) is 9.59 Å². The molecule has 0 radical (unpaired) electrons. The Balaban J connectivity index is 1.68. The van der Waals surface area contributed by atoms with Gasteiger partial charge in [-0.2, -0.15) is 0 Å². The van der Waals surface area contributed by atoms with Gasteiger partial charge in [-0.1, -0.05) is 79.4 Å². The van der Waals surface area contributed by atoms with Crippen LogP contribution in [0.4, 0.5) is 0 Å². The molecular formula is C27H36N2O2S. The zero-order valence-corrected chi connectivity index (χ0v) is 20.4. The van der Waals surface area contributed by atoms with Crippen LogP contribution >= 0.6 is 11.8 Å². The summed E-state index contributed by atoms with van der Waals surface area (Å²) in [6.45, 7) is 6.58. The molecule has 1 N–H and O–H groups in total. The maximum absolute atomic E-state index is 13.3. The molecule has 32 heavy (non-hydrogen) atoms. The first-order valence-electron chi connectivity index (χ1n) is 11.7. The van der Waals surface area contributed by atoms with E-state index < -0.39 is 6.04 Å². The van der Waals surface area contributed by atoms with E-state index in [2.05, 4.69) is 67.7 Å². The summed E-state index contributed by atoms with van der Waals surface area (Å²) in [7, 11) is 0. The van der Waals surface area contributed by atoms with Crippen LogP contribution in [0.5, 0.6) is 0 Å². The summed E-state index contributed by atoms with van der Waals surface area (Å²) >= 11 is 1.61. The predicted octanol–water partition coefficient (Wildman–Crippen LogP) is 5.40. The van der Waals surface area contributed by atoms with Gasteiger partial charge in [-0.3, -0.25) is 9.59 Å². The Bertz CT molecular complexity index is 874.